The molecule has 31 heavy (non-hydrogen) atoms. The molecule has 0 aliphatic carbocycles. The molecule has 8 heteroatoms. The van der Waals surface area contributed by atoms with Crippen molar-refractivity contribution in [2.24, 2.45) is 0 Å². The van der Waals surface area contributed by atoms with Crippen molar-refractivity contribution in [2.75, 3.05) is 10.0 Å². The summed E-state index contributed by atoms with van der Waals surface area (Å²) in [5.41, 5.74) is 2.28. The van der Waals surface area contributed by atoms with E-state index in [9.17, 15) is 13.2 Å². The van der Waals surface area contributed by atoms with E-state index < -0.39 is 15.9 Å². The van der Waals surface area contributed by atoms with Crippen LogP contribution in [0.5, 0.6) is 0 Å². The van der Waals surface area contributed by atoms with Crippen molar-refractivity contribution in [3.63, 3.8) is 0 Å². The summed E-state index contributed by atoms with van der Waals surface area (Å²) in [6, 6.07) is 20.7. The fourth-order valence-electron chi connectivity index (χ4n) is 3.19. The van der Waals surface area contributed by atoms with Crippen LogP contribution in [-0.4, -0.2) is 19.3 Å². The molecule has 0 atom stereocenters. The maximum absolute atomic E-state index is 13.2. The number of aromatic nitrogens is 1. The van der Waals surface area contributed by atoms with E-state index in [1.54, 1.807) is 61.7 Å². The highest BCUT2D eigenvalue weighted by atomic mass is 79.9. The molecule has 0 radical (unpaired) electrons. The zero-order valence-electron chi connectivity index (χ0n) is 16.5. The Kier molecular flexibility index (Phi) is 5.75. The maximum Gasteiger partial charge on any atom is 0.262 e. The van der Waals surface area contributed by atoms with Gasteiger partial charge in [-0.2, -0.15) is 0 Å². The van der Waals surface area contributed by atoms with Gasteiger partial charge in [0.05, 0.1) is 16.1 Å². The van der Waals surface area contributed by atoms with E-state index in [1.807, 2.05) is 18.2 Å². The molecule has 0 spiro atoms. The largest absolute Gasteiger partial charge is 0.322 e. The van der Waals surface area contributed by atoms with Crippen molar-refractivity contribution in [1.82, 2.24) is 4.98 Å². The molecule has 1 aromatic heterocycles. The first-order valence-corrected chi connectivity index (χ1v) is 11.7. The monoisotopic (exact) mass is 495 g/mol. The molecule has 156 valence electrons. The standard InChI is InChI=1S/C23H18BrN3O3S/c1-15-9-10-17(23(28)26-19-7-3-2-4-8-19)13-21(15)31(29,30)27-20-14-18(24)12-16-6-5-11-25-22(16)20/h2-14,27H,1H3,(H,26,28). The zero-order chi connectivity index (χ0) is 22.0. The second-order valence-corrected chi connectivity index (χ2v) is 9.50. The number of anilines is 2. The highest BCUT2D eigenvalue weighted by Gasteiger charge is 2.21. The SMILES string of the molecule is Cc1ccc(C(=O)Nc2ccccc2)cc1S(=O)(=O)Nc1cc(Br)cc2cccnc12. The third-order valence-electron chi connectivity index (χ3n) is 4.69. The fraction of sp³-hybridized carbons (Fsp3) is 0.0435. The number of sulfonamides is 1. The number of pyridine rings is 1. The topological polar surface area (TPSA) is 88.2 Å². The van der Waals surface area contributed by atoms with Gasteiger partial charge in [-0.1, -0.05) is 46.3 Å². The van der Waals surface area contributed by atoms with Crippen molar-refractivity contribution in [3.8, 4) is 0 Å². The molecule has 1 amide bonds. The number of amides is 1. The third kappa shape index (κ3) is 4.60. The number of benzene rings is 3. The van der Waals surface area contributed by atoms with Gasteiger partial charge in [0.25, 0.3) is 15.9 Å². The second kappa shape index (κ2) is 8.49. The Bertz CT molecular complexity index is 1390. The van der Waals surface area contributed by atoms with Crippen LogP contribution in [0.1, 0.15) is 15.9 Å². The summed E-state index contributed by atoms with van der Waals surface area (Å²) in [7, 11) is -3.97. The number of nitrogens with one attached hydrogen (secondary N) is 2. The first-order chi connectivity index (χ1) is 14.8. The number of hydrogen-bond acceptors (Lipinski definition) is 4. The molecule has 2 N–H and O–H groups in total. The normalized spacial score (nSPS) is 11.3. The van der Waals surface area contributed by atoms with Crippen LogP contribution in [0.25, 0.3) is 10.9 Å². The Hall–Kier alpha value is -3.23. The molecule has 3 aromatic carbocycles. The molecule has 1 heterocycles. The predicted octanol–water partition coefficient (Wildman–Crippen LogP) is 5.36. The van der Waals surface area contributed by atoms with Crippen molar-refractivity contribution in [1.29, 1.82) is 0 Å². The van der Waals surface area contributed by atoms with Crippen molar-refractivity contribution in [3.05, 3.63) is 94.6 Å². The van der Waals surface area contributed by atoms with Gasteiger partial charge in [0.1, 0.15) is 0 Å². The molecule has 0 unspecified atom stereocenters. The molecule has 0 saturated heterocycles. The first-order valence-electron chi connectivity index (χ1n) is 9.38. The van der Waals surface area contributed by atoms with Gasteiger partial charge in [-0.05, 0) is 55.0 Å². The Morgan fingerprint density at radius 3 is 2.52 bits per heavy atom. The number of carbonyl (C=O) groups is 1. The highest BCUT2D eigenvalue weighted by Crippen LogP contribution is 2.29. The molecular formula is C23H18BrN3O3S. The molecule has 4 rings (SSSR count). The second-order valence-electron chi connectivity index (χ2n) is 6.93. The van der Waals surface area contributed by atoms with Crippen LogP contribution in [-0.2, 0) is 10.0 Å². The van der Waals surface area contributed by atoms with Gasteiger partial charge in [0.2, 0.25) is 0 Å². The van der Waals surface area contributed by atoms with Crippen LogP contribution in [0, 0.1) is 6.92 Å². The lowest BCUT2D eigenvalue weighted by molar-refractivity contribution is 0.102. The van der Waals surface area contributed by atoms with Crippen LogP contribution < -0.4 is 10.0 Å². The predicted molar refractivity (Wildman–Crippen MR) is 126 cm³/mol. The van der Waals surface area contributed by atoms with Gasteiger partial charge in [-0.25, -0.2) is 8.42 Å². The van der Waals surface area contributed by atoms with E-state index >= 15 is 0 Å². The smallest absolute Gasteiger partial charge is 0.262 e. The van der Waals surface area contributed by atoms with Crippen LogP contribution in [0.4, 0.5) is 11.4 Å². The lowest BCUT2D eigenvalue weighted by Gasteiger charge is -2.14. The van der Waals surface area contributed by atoms with Crippen molar-refractivity contribution >= 4 is 54.1 Å². The van der Waals surface area contributed by atoms with E-state index in [-0.39, 0.29) is 10.5 Å². The highest BCUT2D eigenvalue weighted by molar-refractivity contribution is 9.10. The summed E-state index contributed by atoms with van der Waals surface area (Å²) >= 11 is 3.41. The molecule has 6 nitrogen and oxygen atoms in total. The van der Waals surface area contributed by atoms with E-state index in [4.69, 9.17) is 0 Å². The van der Waals surface area contributed by atoms with Crippen LogP contribution in [0.2, 0.25) is 0 Å². The number of halogens is 1. The van der Waals surface area contributed by atoms with Gasteiger partial charge in [-0.15, -0.1) is 0 Å². The van der Waals surface area contributed by atoms with Gasteiger partial charge in [-0.3, -0.25) is 14.5 Å². The number of nitrogens with zero attached hydrogens (tertiary/aromatic N) is 1. The van der Waals surface area contributed by atoms with Crippen LogP contribution >= 0.6 is 15.9 Å². The maximum atomic E-state index is 13.2. The number of rotatable bonds is 5. The Balaban J connectivity index is 1.69. The average molecular weight is 496 g/mol. The van der Waals surface area contributed by atoms with E-state index in [0.29, 0.717) is 22.5 Å². The summed E-state index contributed by atoms with van der Waals surface area (Å²) in [6.07, 6.45) is 1.60. The van der Waals surface area contributed by atoms with Crippen molar-refractivity contribution in [2.45, 2.75) is 11.8 Å². The van der Waals surface area contributed by atoms with Gasteiger partial charge >= 0.3 is 0 Å². The Morgan fingerprint density at radius 1 is 0.968 bits per heavy atom. The van der Waals surface area contributed by atoms with Crippen LogP contribution in [0.3, 0.4) is 0 Å². The quantitative estimate of drug-likeness (QED) is 0.390. The Labute approximate surface area is 188 Å². The lowest BCUT2D eigenvalue weighted by Crippen LogP contribution is -2.17. The molecule has 0 aliphatic heterocycles. The zero-order valence-corrected chi connectivity index (χ0v) is 18.9. The fourth-order valence-corrected chi connectivity index (χ4v) is 4.99. The number of aryl methyl sites for hydroxylation is 1. The summed E-state index contributed by atoms with van der Waals surface area (Å²) < 4.78 is 29.8. The summed E-state index contributed by atoms with van der Waals surface area (Å²) in [5.74, 6) is -0.391. The number of carbonyl (C=O) groups excluding carboxylic acids is 1. The molecule has 4 aromatic rings. The van der Waals surface area contributed by atoms with Gasteiger partial charge < -0.3 is 5.32 Å². The summed E-state index contributed by atoms with van der Waals surface area (Å²) in [5, 5.41) is 3.56. The minimum atomic E-state index is -3.97. The molecule has 0 bridgehead atoms. The summed E-state index contributed by atoms with van der Waals surface area (Å²) in [6.45, 7) is 1.69. The van der Waals surface area contributed by atoms with Gasteiger partial charge in [0, 0.05) is 27.3 Å². The molecule has 0 fully saturated rings. The van der Waals surface area contributed by atoms with Crippen LogP contribution in [0.15, 0.2) is 88.4 Å². The molecule has 0 aliphatic rings. The molecular weight excluding hydrogens is 478 g/mol. The molecule has 0 saturated carbocycles. The van der Waals surface area contributed by atoms with Gasteiger partial charge in [0.15, 0.2) is 0 Å². The van der Waals surface area contributed by atoms with E-state index in [1.165, 1.54) is 6.07 Å². The van der Waals surface area contributed by atoms with E-state index in [0.717, 1.165) is 9.86 Å². The summed E-state index contributed by atoms with van der Waals surface area (Å²) in [4.78, 5) is 17.0. The minimum absolute atomic E-state index is 0.0252. The third-order valence-corrected chi connectivity index (χ3v) is 6.65. The number of hydrogen-bond donors (Lipinski definition) is 2. The Morgan fingerprint density at radius 2 is 1.74 bits per heavy atom. The average Bonchev–Trinajstić information content (AvgIpc) is 2.74. The number of para-hydroxylation sites is 1. The first kappa shape index (κ1) is 21.0. The van der Waals surface area contributed by atoms with E-state index in [2.05, 4.69) is 31.0 Å². The van der Waals surface area contributed by atoms with Crippen molar-refractivity contribution < 1.29 is 13.2 Å². The minimum Gasteiger partial charge on any atom is -0.322 e. The number of fused-ring (bicyclic) bond motifs is 1. The lowest BCUT2D eigenvalue weighted by atomic mass is 10.1.